The lowest BCUT2D eigenvalue weighted by atomic mass is 9.83. The minimum atomic E-state index is -6.12. The summed E-state index contributed by atoms with van der Waals surface area (Å²) in [4.78, 5) is 37.8. The van der Waals surface area contributed by atoms with Crippen LogP contribution in [0.4, 0.5) is 99.2 Å². The highest BCUT2D eigenvalue weighted by Gasteiger charge is 2.72. The number of hydrogen-bond donors (Lipinski definition) is 5. The Kier molecular flexibility index (Phi) is 29.6. The lowest BCUT2D eigenvalue weighted by Crippen LogP contribution is -2.53. The predicted octanol–water partition coefficient (Wildman–Crippen LogP) is 19.2. The largest absolute Gasteiger partial charge is 0.619 e. The van der Waals surface area contributed by atoms with Crippen LogP contribution in [0, 0.1) is 17.3 Å². The van der Waals surface area contributed by atoms with Gasteiger partial charge in [0.05, 0.1) is 40.6 Å². The van der Waals surface area contributed by atoms with E-state index in [1.165, 1.54) is 54.4 Å². The number of thiophene rings is 1. The van der Waals surface area contributed by atoms with Gasteiger partial charge < -0.3 is 65.2 Å². The number of hydrogen-bond acceptors (Lipinski definition) is 17. The summed E-state index contributed by atoms with van der Waals surface area (Å²) in [6.45, 7) is -10.8. The average Bonchev–Trinajstić information content (AvgIpc) is 1.17. The summed E-state index contributed by atoms with van der Waals surface area (Å²) >= 11 is 1.74. The number of carbonyl (C=O) groups is 1. The summed E-state index contributed by atoms with van der Waals surface area (Å²) in [7, 11) is 0. The molecule has 11 aromatic rings. The molecular weight excluding hydrogens is 1830 g/mol. The van der Waals surface area contributed by atoms with Crippen LogP contribution in [0.2, 0.25) is 0 Å². The number of aliphatic imine (C=N–C) groups is 1. The van der Waals surface area contributed by atoms with Crippen molar-refractivity contribution in [3.63, 3.8) is 0 Å². The van der Waals surface area contributed by atoms with Crippen molar-refractivity contribution in [3.05, 3.63) is 341 Å². The molecule has 16 rings (SSSR count). The number of pyridine rings is 4. The van der Waals surface area contributed by atoms with E-state index in [1.54, 1.807) is 41.3 Å². The maximum atomic E-state index is 13.3. The van der Waals surface area contributed by atoms with Crippen LogP contribution in [0.15, 0.2) is 253 Å². The summed E-state index contributed by atoms with van der Waals surface area (Å²) in [5.74, 6) is -5.45. The van der Waals surface area contributed by atoms with Crippen LogP contribution in [-0.2, 0) is 37.0 Å². The Morgan fingerprint density at radius 3 is 1.63 bits per heavy atom. The van der Waals surface area contributed by atoms with Crippen LogP contribution in [-0.4, -0.2) is 116 Å². The van der Waals surface area contributed by atoms with E-state index in [9.17, 15) is 123 Å². The van der Waals surface area contributed by atoms with Crippen molar-refractivity contribution < 1.29 is 136 Å². The number of aryl methyl sites for hydroxylation is 1. The van der Waals surface area contributed by atoms with E-state index in [2.05, 4.69) is 63.5 Å². The maximum absolute atomic E-state index is 13.3. The highest BCUT2D eigenvalue weighted by atomic mass is 32.1. The maximum Gasteiger partial charge on any atom is 0.430 e. The molecule has 0 bridgehead atoms. The van der Waals surface area contributed by atoms with Gasteiger partial charge in [0, 0.05) is 98.9 Å². The number of aliphatic hydroxyl groups is 3. The number of ether oxygens (including phenoxy) is 4. The quantitative estimate of drug-likeness (QED) is 0.0163. The van der Waals surface area contributed by atoms with E-state index in [4.69, 9.17) is 15.8 Å². The van der Waals surface area contributed by atoms with E-state index in [1.807, 2.05) is 65.7 Å². The average molecular weight is 1910 g/mol. The van der Waals surface area contributed by atoms with Crippen LogP contribution >= 0.6 is 11.3 Å². The van der Waals surface area contributed by atoms with Gasteiger partial charge in [-0.2, -0.15) is 102 Å². The van der Waals surface area contributed by atoms with E-state index in [0.717, 1.165) is 144 Å². The van der Waals surface area contributed by atoms with Crippen molar-refractivity contribution >= 4 is 45.2 Å². The summed E-state index contributed by atoms with van der Waals surface area (Å²) in [6.07, 6.45) is -11.6. The van der Waals surface area contributed by atoms with Gasteiger partial charge in [-0.15, -0.1) is 11.3 Å². The van der Waals surface area contributed by atoms with Crippen LogP contribution in [0.1, 0.15) is 126 Å². The molecule has 4 atom stereocenters. The molecule has 8 heterocycles. The minimum absolute atomic E-state index is 0.0508. The van der Waals surface area contributed by atoms with E-state index in [-0.39, 0.29) is 52.6 Å². The van der Waals surface area contributed by atoms with Crippen LogP contribution in [0.25, 0.3) is 22.2 Å². The van der Waals surface area contributed by atoms with E-state index >= 15 is 0 Å². The molecule has 6 N–H and O–H groups in total. The molecule has 4 aliphatic heterocycles. The Morgan fingerprint density at radius 1 is 0.597 bits per heavy atom. The van der Waals surface area contributed by atoms with Gasteiger partial charge in [0.2, 0.25) is 0 Å². The zero-order chi connectivity index (χ0) is 96.7. The number of aliphatic hydroxyl groups excluding tert-OH is 1. The molecule has 7 aromatic carbocycles. The monoisotopic (exact) mass is 1910 g/mol. The van der Waals surface area contributed by atoms with Gasteiger partial charge in [-0.3, -0.25) is 19.6 Å². The van der Waals surface area contributed by atoms with Gasteiger partial charge >= 0.3 is 51.2 Å². The fourth-order valence-corrected chi connectivity index (χ4v) is 16.7. The third-order valence-corrected chi connectivity index (χ3v) is 23.3. The first-order valence-electron chi connectivity index (χ1n) is 40.5. The van der Waals surface area contributed by atoms with Gasteiger partial charge in [-0.1, -0.05) is 128 Å². The zero-order valence-electron chi connectivity index (χ0n) is 69.4. The molecule has 2 unspecified atom stereocenters. The number of alkyl halides is 20. The van der Waals surface area contributed by atoms with Crippen LogP contribution in [0.5, 0.6) is 23.0 Å². The molecule has 4 aromatic heterocycles. The van der Waals surface area contributed by atoms with Crippen molar-refractivity contribution in [1.82, 2.24) is 24.6 Å². The number of fused-ring (bicyclic) bond motifs is 3. The topological polar surface area (TPSA) is 275 Å². The number of nitrogen functional groups attached to an aromatic ring is 1. The fourth-order valence-electron chi connectivity index (χ4n) is 16.0. The number of benzene rings is 7. The number of halogens is 20. The molecule has 134 heavy (non-hydrogen) atoms. The Labute approximate surface area is 751 Å². The summed E-state index contributed by atoms with van der Waals surface area (Å²) < 4.78 is 284. The predicted molar refractivity (Wildman–Crippen MR) is 448 cm³/mol. The summed E-state index contributed by atoms with van der Waals surface area (Å²) in [5.41, 5.74) is 2.65. The highest BCUT2D eigenvalue weighted by molar-refractivity contribution is 7.09. The Bertz CT molecular complexity index is 6250. The molecule has 706 valence electrons. The molecule has 42 heteroatoms. The molecule has 21 nitrogen and oxygen atoms in total. The molecule has 5 aliphatic rings. The van der Waals surface area contributed by atoms with Crippen LogP contribution in [0.3, 0.4) is 0 Å². The summed E-state index contributed by atoms with van der Waals surface area (Å²) in [6, 6.07) is 44.8. The molecule has 0 spiro atoms. The number of nitrogens with zero attached hydrogens (tertiary/aromatic N) is 8. The number of nitrogens with two attached hydrogens (primary N) is 1. The van der Waals surface area contributed by atoms with Crippen molar-refractivity contribution in [2.75, 3.05) is 17.2 Å². The molecule has 0 radical (unpaired) electrons. The smallest absolute Gasteiger partial charge is 0.430 e. The van der Waals surface area contributed by atoms with E-state index in [0.29, 0.717) is 73.9 Å². The normalized spacial score (nSPS) is 15.3. The number of amides is 1. The SMILES string of the molecule is Cc1c[n+]([O-])ccc1CC(c1ccc(C(O)(C(F)(F)F)C(F)(F)F)cc1)c1ccc(OC(F)F)c(OC(F)F)c1.Nc1cc2c3c(c1)C(c1ccccc1)=N[C@@H](NC(=O)c1cccnc1)[C@@H](O)N3CC2.O=c1c2cn(Cc3cccs3)c3ccccc3c-2nn1C1CCCC1.[O-][n+]1ccc(CC(c2ccc(C(O)(C(F)(F)F)C(F)(F)F)cc2)c2ccc(OC(F)F)c(OC(F)F)c2)cc1. The van der Waals surface area contributed by atoms with Gasteiger partial charge in [-0.05, 0) is 144 Å². The van der Waals surface area contributed by atoms with Gasteiger partial charge in [-0.25, -0.2) is 4.68 Å². The summed E-state index contributed by atoms with van der Waals surface area (Å²) in [5, 5.41) is 64.2. The zero-order valence-corrected chi connectivity index (χ0v) is 70.2. The third kappa shape index (κ3) is 21.8. The van der Waals surface area contributed by atoms with Crippen LogP contribution < -0.4 is 49.9 Å². The molecule has 1 amide bonds. The fraction of sp³-hybridized carbons (Fsp3) is 0.272. The second-order valence-corrected chi connectivity index (χ2v) is 31.9. The first-order valence-corrected chi connectivity index (χ1v) is 41.4. The molecule has 1 saturated carbocycles. The second-order valence-electron chi connectivity index (χ2n) is 30.9. The first kappa shape index (κ1) is 97.9. The standard InChI is InChI=1S/C25H19F10NO4.C24H17F10NO4.C23H21N5O2.C20H19N3OS/c1-13-12-36(38)9-8-15(13)10-18(16-4-7-19(39-21(26)27)20(11-16)40-22(28)29)14-2-5-17(6-3-14)23(37,24(30,31)32)25(33,34)35;25-20(26)38-18-6-3-15(12-19(18)39-21(27)28)17(11-13-7-9-35(37)10-8-13)14-1-4-16(5-2-14)22(36,23(29,30)31)24(32,33)34;24-17-11-15-8-10-28-20(15)18(12-17)19(14-5-2-1-3-6-14)26-21(23(28)30)27-22(29)16-7-4-9-25-13-16;24-20-17-13-22(12-15-8-5-11-25-15)18-10-4-3-9-16(18)19(17)21-23(20)14-6-1-2-7-14/h2-9,11-12,18,21-22,37H,10H2,1H3;1-10,12,17,20-21,36H,11H2;1-7,9,11-13,21,23,30H,8,10,24H2,(H,27,29);3-5,8-11,13-14H,1-2,6-7,12H2/t;;21-,23+;/m..0./s1. The van der Waals surface area contributed by atoms with Crippen molar-refractivity contribution in [1.29, 1.82) is 0 Å². The Balaban J connectivity index is 0.000000153. The molecule has 1 fully saturated rings. The lowest BCUT2D eigenvalue weighted by molar-refractivity contribution is -0.605. The van der Waals surface area contributed by atoms with Crippen molar-refractivity contribution in [2.45, 2.75) is 151 Å². The van der Waals surface area contributed by atoms with Gasteiger partial charge in [0.25, 0.3) is 22.7 Å². The molecule has 0 saturated heterocycles. The third-order valence-electron chi connectivity index (χ3n) is 22.4. The number of para-hydroxylation sites is 1. The first-order chi connectivity index (χ1) is 63.4. The number of anilines is 2. The number of aromatic nitrogens is 6. The lowest BCUT2D eigenvalue weighted by Gasteiger charge is -2.33. The number of rotatable bonds is 24. The van der Waals surface area contributed by atoms with Gasteiger partial charge in [0.15, 0.2) is 60.2 Å². The second kappa shape index (κ2) is 40.5. The Morgan fingerprint density at radius 2 is 1.12 bits per heavy atom. The Hall–Kier alpha value is -13.6. The van der Waals surface area contributed by atoms with Crippen molar-refractivity contribution in [3.8, 4) is 34.3 Å². The highest BCUT2D eigenvalue weighted by Crippen LogP contribution is 2.53. The molecule has 1 aliphatic carbocycles. The number of nitrogens with one attached hydrogen (secondary N) is 1. The molecular formula is C92H76F20N10O11S. The van der Waals surface area contributed by atoms with Crippen molar-refractivity contribution in [2.24, 2.45) is 4.99 Å². The van der Waals surface area contributed by atoms with Gasteiger partial charge in [0.1, 0.15) is 5.69 Å². The number of carbonyl (C=O) groups excluding carboxylic acids is 1. The van der Waals surface area contributed by atoms with E-state index < -0.39 is 121 Å². The minimum Gasteiger partial charge on any atom is -0.619 e.